The summed E-state index contributed by atoms with van der Waals surface area (Å²) in [6, 6.07) is 0. The first-order valence-electron chi connectivity index (χ1n) is 5.22. The lowest BCUT2D eigenvalue weighted by Gasteiger charge is -2.23. The highest BCUT2D eigenvalue weighted by molar-refractivity contribution is 7.80. The quantitative estimate of drug-likeness (QED) is 0.843. The lowest BCUT2D eigenvalue weighted by Crippen LogP contribution is -2.32. The summed E-state index contributed by atoms with van der Waals surface area (Å²) in [5.41, 5.74) is 6.51. The molecular formula is C11H18N2OS2. The zero-order valence-corrected chi connectivity index (χ0v) is 11.8. The van der Waals surface area contributed by atoms with Crippen molar-refractivity contribution in [3.05, 3.63) is 20.2 Å². The summed E-state index contributed by atoms with van der Waals surface area (Å²) < 4.78 is 1.81. The van der Waals surface area contributed by atoms with Crippen molar-refractivity contribution < 1.29 is 0 Å². The van der Waals surface area contributed by atoms with Gasteiger partial charge in [-0.1, -0.05) is 37.4 Å². The van der Waals surface area contributed by atoms with E-state index in [0.29, 0.717) is 11.5 Å². The zero-order valence-electron chi connectivity index (χ0n) is 10.2. The highest BCUT2D eigenvalue weighted by Crippen LogP contribution is 2.22. The Morgan fingerprint density at radius 3 is 2.44 bits per heavy atom. The normalized spacial score (nSPS) is 11.8. The molecule has 5 heteroatoms. The molecule has 0 spiro atoms. The van der Waals surface area contributed by atoms with Crippen molar-refractivity contribution in [2.45, 2.75) is 40.7 Å². The molecule has 0 unspecified atom stereocenters. The Hall–Kier alpha value is -0.680. The molecule has 0 aliphatic heterocycles. The van der Waals surface area contributed by atoms with Crippen LogP contribution in [-0.2, 0) is 6.54 Å². The Labute approximate surface area is 105 Å². The Morgan fingerprint density at radius 1 is 1.50 bits per heavy atom. The molecule has 3 nitrogen and oxygen atoms in total. The summed E-state index contributed by atoms with van der Waals surface area (Å²) in [6.07, 6.45) is 0.791. The topological polar surface area (TPSA) is 48.0 Å². The van der Waals surface area contributed by atoms with E-state index in [1.54, 1.807) is 4.57 Å². The van der Waals surface area contributed by atoms with Gasteiger partial charge in [0.2, 0.25) is 0 Å². The van der Waals surface area contributed by atoms with Crippen molar-refractivity contribution in [1.29, 1.82) is 0 Å². The second-order valence-corrected chi connectivity index (χ2v) is 6.26. The fourth-order valence-electron chi connectivity index (χ4n) is 1.36. The van der Waals surface area contributed by atoms with Gasteiger partial charge in [0.25, 0.3) is 0 Å². The lowest BCUT2D eigenvalue weighted by atomic mass is 9.89. The van der Waals surface area contributed by atoms with E-state index in [-0.39, 0.29) is 10.3 Å². The van der Waals surface area contributed by atoms with Crippen LogP contribution in [0.15, 0.2) is 4.79 Å². The largest absolute Gasteiger partial charge is 0.393 e. The SMILES string of the molecule is Cc1sc(=O)n(CCC(C)(C)C(N)=S)c1C. The Balaban J connectivity index is 2.83. The average molecular weight is 258 g/mol. The monoisotopic (exact) mass is 258 g/mol. The summed E-state index contributed by atoms with van der Waals surface area (Å²) in [4.78, 5) is 13.4. The van der Waals surface area contributed by atoms with Gasteiger partial charge in [-0.3, -0.25) is 4.79 Å². The minimum Gasteiger partial charge on any atom is -0.393 e. The van der Waals surface area contributed by atoms with E-state index >= 15 is 0 Å². The molecule has 0 bridgehead atoms. The van der Waals surface area contributed by atoms with Crippen molar-refractivity contribution in [2.24, 2.45) is 11.1 Å². The van der Waals surface area contributed by atoms with Crippen molar-refractivity contribution in [3.63, 3.8) is 0 Å². The molecule has 2 N–H and O–H groups in total. The van der Waals surface area contributed by atoms with Gasteiger partial charge in [-0.25, -0.2) is 0 Å². The van der Waals surface area contributed by atoms with Crippen molar-refractivity contribution in [1.82, 2.24) is 4.57 Å². The second-order valence-electron chi connectivity index (χ2n) is 4.66. The molecule has 1 aromatic heterocycles. The highest BCUT2D eigenvalue weighted by atomic mass is 32.1. The Bertz CT molecular complexity index is 457. The number of hydrogen-bond donors (Lipinski definition) is 1. The van der Waals surface area contributed by atoms with Crippen LogP contribution in [0.4, 0.5) is 0 Å². The molecule has 1 heterocycles. The smallest absolute Gasteiger partial charge is 0.307 e. The van der Waals surface area contributed by atoms with E-state index in [2.05, 4.69) is 0 Å². The van der Waals surface area contributed by atoms with Crippen LogP contribution in [0.25, 0.3) is 0 Å². The third-order valence-electron chi connectivity index (χ3n) is 3.00. The molecule has 1 rings (SSSR count). The second kappa shape index (κ2) is 4.67. The van der Waals surface area contributed by atoms with Crippen LogP contribution >= 0.6 is 23.6 Å². The number of nitrogens with zero attached hydrogens (tertiary/aromatic N) is 1. The maximum absolute atomic E-state index is 11.7. The van der Waals surface area contributed by atoms with E-state index in [4.69, 9.17) is 18.0 Å². The number of thiocarbonyl (C=S) groups is 1. The van der Waals surface area contributed by atoms with E-state index in [1.165, 1.54) is 11.3 Å². The molecule has 0 aliphatic rings. The third-order valence-corrected chi connectivity index (χ3v) is 4.55. The van der Waals surface area contributed by atoms with Gasteiger partial charge in [0.05, 0.1) is 4.99 Å². The fourth-order valence-corrected chi connectivity index (χ4v) is 2.32. The predicted octanol–water partition coefficient (Wildman–Crippen LogP) is 2.23. The zero-order chi connectivity index (χ0) is 12.5. The Morgan fingerprint density at radius 2 is 2.06 bits per heavy atom. The number of hydrogen-bond acceptors (Lipinski definition) is 3. The van der Waals surface area contributed by atoms with Crippen molar-refractivity contribution >= 4 is 28.5 Å². The van der Waals surface area contributed by atoms with E-state index in [0.717, 1.165) is 17.0 Å². The van der Waals surface area contributed by atoms with Gasteiger partial charge in [-0.15, -0.1) is 0 Å². The first-order valence-corrected chi connectivity index (χ1v) is 6.45. The first kappa shape index (κ1) is 13.4. The van der Waals surface area contributed by atoms with E-state index in [9.17, 15) is 4.79 Å². The van der Waals surface area contributed by atoms with Gasteiger partial charge in [0.1, 0.15) is 0 Å². The maximum Gasteiger partial charge on any atom is 0.307 e. The number of aryl methyl sites for hydroxylation is 1. The average Bonchev–Trinajstić information content (AvgIpc) is 2.39. The lowest BCUT2D eigenvalue weighted by molar-refractivity contribution is 0.429. The van der Waals surface area contributed by atoms with Crippen molar-refractivity contribution in [3.8, 4) is 0 Å². The molecule has 0 aliphatic carbocycles. The molecule has 90 valence electrons. The van der Waals surface area contributed by atoms with Crippen LogP contribution in [0.3, 0.4) is 0 Å². The molecule has 0 saturated carbocycles. The maximum atomic E-state index is 11.7. The number of nitrogens with two attached hydrogens (primary N) is 1. The van der Waals surface area contributed by atoms with Gasteiger partial charge < -0.3 is 10.3 Å². The minimum absolute atomic E-state index is 0.105. The summed E-state index contributed by atoms with van der Waals surface area (Å²) in [7, 11) is 0. The number of aromatic nitrogens is 1. The van der Waals surface area contributed by atoms with E-state index < -0.39 is 0 Å². The molecule has 16 heavy (non-hydrogen) atoms. The van der Waals surface area contributed by atoms with Crippen LogP contribution in [0.2, 0.25) is 0 Å². The van der Waals surface area contributed by atoms with Crippen LogP contribution in [-0.4, -0.2) is 9.56 Å². The summed E-state index contributed by atoms with van der Waals surface area (Å²) >= 11 is 6.31. The first-order chi connectivity index (χ1) is 7.25. The fraction of sp³-hybridized carbons (Fsp3) is 0.636. The van der Waals surface area contributed by atoms with Crippen LogP contribution in [0, 0.1) is 19.3 Å². The van der Waals surface area contributed by atoms with Crippen LogP contribution in [0.1, 0.15) is 30.8 Å². The Kier molecular flexibility index (Phi) is 3.91. The molecular weight excluding hydrogens is 240 g/mol. The summed E-state index contributed by atoms with van der Waals surface area (Å²) in [6.45, 7) is 8.64. The summed E-state index contributed by atoms with van der Waals surface area (Å²) in [5, 5.41) is 0. The van der Waals surface area contributed by atoms with Crippen molar-refractivity contribution in [2.75, 3.05) is 0 Å². The van der Waals surface area contributed by atoms with Crippen LogP contribution < -0.4 is 10.6 Å². The number of thiazole rings is 1. The van der Waals surface area contributed by atoms with Gasteiger partial charge in [0.15, 0.2) is 0 Å². The number of rotatable bonds is 4. The van der Waals surface area contributed by atoms with Gasteiger partial charge in [-0.05, 0) is 20.3 Å². The molecule has 0 radical (unpaired) electrons. The summed E-state index contributed by atoms with van der Waals surface area (Å²) in [5.74, 6) is 0. The molecule has 0 saturated heterocycles. The molecule has 1 aromatic rings. The third kappa shape index (κ3) is 2.71. The van der Waals surface area contributed by atoms with Gasteiger partial charge in [-0.2, -0.15) is 0 Å². The molecule has 0 atom stereocenters. The van der Waals surface area contributed by atoms with E-state index in [1.807, 2.05) is 27.7 Å². The standard InChI is InChI=1S/C11H18N2OS2/c1-7-8(2)16-10(14)13(7)6-5-11(3,4)9(12)15/h5-6H2,1-4H3,(H2,12,15). The van der Waals surface area contributed by atoms with Gasteiger partial charge in [0, 0.05) is 22.5 Å². The highest BCUT2D eigenvalue weighted by Gasteiger charge is 2.22. The predicted molar refractivity (Wildman–Crippen MR) is 73.2 cm³/mol. The minimum atomic E-state index is -0.197. The molecule has 0 aromatic carbocycles. The van der Waals surface area contributed by atoms with Gasteiger partial charge >= 0.3 is 4.87 Å². The molecule has 0 amide bonds. The van der Waals surface area contributed by atoms with Crippen LogP contribution in [0.5, 0.6) is 0 Å². The molecule has 0 fully saturated rings.